The zero-order valence-corrected chi connectivity index (χ0v) is 13.4. The Balaban J connectivity index is 2.30. The minimum absolute atomic E-state index is 0.0950. The highest BCUT2D eigenvalue weighted by Gasteiger charge is 2.35. The van der Waals surface area contributed by atoms with Crippen molar-refractivity contribution in [1.29, 1.82) is 0 Å². The Kier molecular flexibility index (Phi) is 5.42. The van der Waals surface area contributed by atoms with Gasteiger partial charge in [-0.25, -0.2) is 17.5 Å². The lowest BCUT2D eigenvalue weighted by Gasteiger charge is -2.32. The van der Waals surface area contributed by atoms with Crippen molar-refractivity contribution < 1.29 is 13.2 Å². The van der Waals surface area contributed by atoms with Crippen molar-refractivity contribution in [3.63, 3.8) is 0 Å². The van der Waals surface area contributed by atoms with Crippen molar-refractivity contribution in [1.82, 2.24) is 4.31 Å². The van der Waals surface area contributed by atoms with Gasteiger partial charge in [-0.2, -0.15) is 0 Å². The van der Waals surface area contributed by atoms with Crippen LogP contribution in [0.5, 0.6) is 0 Å². The second kappa shape index (κ2) is 7.11. The Labute approximate surface area is 131 Å². The molecular formula is C15H23N3O3S. The minimum Gasteiger partial charge on any atom is -0.351 e. The molecule has 1 aliphatic rings. The van der Waals surface area contributed by atoms with E-state index in [2.05, 4.69) is 0 Å². The SMILES string of the molecule is NCCc1ccc(S(=O)(=O)N(C(N)=O)C2CCCCC2)cc1. The van der Waals surface area contributed by atoms with Gasteiger partial charge in [0, 0.05) is 0 Å². The van der Waals surface area contributed by atoms with Crippen molar-refractivity contribution >= 4 is 16.1 Å². The third-order valence-electron chi connectivity index (χ3n) is 4.04. The van der Waals surface area contributed by atoms with Crippen LogP contribution in [0.3, 0.4) is 0 Å². The molecule has 6 nitrogen and oxygen atoms in total. The molecule has 1 aromatic carbocycles. The number of benzene rings is 1. The summed E-state index contributed by atoms with van der Waals surface area (Å²) in [5, 5.41) is 0. The molecule has 0 aliphatic heterocycles. The molecule has 7 heteroatoms. The van der Waals surface area contributed by atoms with Crippen LogP contribution in [0.1, 0.15) is 37.7 Å². The Hall–Kier alpha value is -1.60. The first-order valence-electron chi connectivity index (χ1n) is 7.59. The van der Waals surface area contributed by atoms with E-state index < -0.39 is 16.1 Å². The molecule has 0 bridgehead atoms. The average molecular weight is 325 g/mol. The quantitative estimate of drug-likeness (QED) is 0.857. The number of carbonyl (C=O) groups excluding carboxylic acids is 1. The lowest BCUT2D eigenvalue weighted by atomic mass is 9.96. The predicted octanol–water partition coefficient (Wildman–Crippen LogP) is 1.59. The molecule has 0 spiro atoms. The standard InChI is InChI=1S/C15H23N3O3S/c16-11-10-12-6-8-14(9-7-12)22(20,21)18(15(17)19)13-4-2-1-3-5-13/h6-9,13H,1-5,10-11,16H2,(H2,17,19). The molecule has 2 rings (SSSR count). The normalized spacial score (nSPS) is 16.4. The van der Waals surface area contributed by atoms with E-state index >= 15 is 0 Å². The molecule has 1 aromatic rings. The molecule has 0 unspecified atom stereocenters. The molecule has 0 saturated heterocycles. The first-order valence-corrected chi connectivity index (χ1v) is 9.03. The van der Waals surface area contributed by atoms with Crippen LogP contribution in [0.2, 0.25) is 0 Å². The van der Waals surface area contributed by atoms with Gasteiger partial charge in [0.1, 0.15) is 0 Å². The van der Waals surface area contributed by atoms with Gasteiger partial charge in [-0.1, -0.05) is 31.4 Å². The minimum atomic E-state index is -3.90. The van der Waals surface area contributed by atoms with Crippen molar-refractivity contribution in [3.8, 4) is 0 Å². The maximum absolute atomic E-state index is 12.7. The number of primary amides is 1. The van der Waals surface area contributed by atoms with Crippen LogP contribution >= 0.6 is 0 Å². The van der Waals surface area contributed by atoms with Crippen LogP contribution < -0.4 is 11.5 Å². The number of nitrogens with two attached hydrogens (primary N) is 2. The number of amides is 2. The number of nitrogens with zero attached hydrogens (tertiary/aromatic N) is 1. The van der Waals surface area contributed by atoms with Crippen molar-refractivity contribution in [3.05, 3.63) is 29.8 Å². The summed E-state index contributed by atoms with van der Waals surface area (Å²) in [6, 6.07) is 5.23. The molecule has 122 valence electrons. The number of hydrogen-bond acceptors (Lipinski definition) is 4. The lowest BCUT2D eigenvalue weighted by molar-refractivity contribution is 0.208. The summed E-state index contributed by atoms with van der Waals surface area (Å²) >= 11 is 0. The molecule has 0 aromatic heterocycles. The van der Waals surface area contributed by atoms with E-state index in [1.807, 2.05) is 0 Å². The van der Waals surface area contributed by atoms with E-state index in [9.17, 15) is 13.2 Å². The van der Waals surface area contributed by atoms with Gasteiger partial charge in [0.05, 0.1) is 10.9 Å². The van der Waals surface area contributed by atoms with Crippen molar-refractivity contribution in [2.75, 3.05) is 6.54 Å². The fourth-order valence-corrected chi connectivity index (χ4v) is 4.47. The lowest BCUT2D eigenvalue weighted by Crippen LogP contribution is -2.48. The van der Waals surface area contributed by atoms with Crippen LogP contribution in [0.25, 0.3) is 0 Å². The van der Waals surface area contributed by atoms with Crippen molar-refractivity contribution in [2.45, 2.75) is 49.5 Å². The van der Waals surface area contributed by atoms with E-state index in [1.165, 1.54) is 12.1 Å². The molecule has 0 radical (unpaired) electrons. The van der Waals surface area contributed by atoms with E-state index in [0.29, 0.717) is 25.8 Å². The van der Waals surface area contributed by atoms with E-state index in [1.54, 1.807) is 12.1 Å². The molecular weight excluding hydrogens is 302 g/mol. The van der Waals surface area contributed by atoms with Gasteiger partial charge < -0.3 is 11.5 Å². The molecule has 4 N–H and O–H groups in total. The van der Waals surface area contributed by atoms with Crippen molar-refractivity contribution in [2.24, 2.45) is 11.5 Å². The summed E-state index contributed by atoms with van der Waals surface area (Å²) in [6.45, 7) is 0.502. The molecule has 1 aliphatic carbocycles. The largest absolute Gasteiger partial charge is 0.351 e. The van der Waals surface area contributed by atoms with Gasteiger partial charge in [0.2, 0.25) is 0 Å². The summed E-state index contributed by atoms with van der Waals surface area (Å²) in [5.41, 5.74) is 11.8. The highest BCUT2D eigenvalue weighted by Crippen LogP contribution is 2.27. The predicted molar refractivity (Wildman–Crippen MR) is 84.7 cm³/mol. The Morgan fingerprint density at radius 3 is 2.23 bits per heavy atom. The third kappa shape index (κ3) is 3.59. The Morgan fingerprint density at radius 2 is 1.73 bits per heavy atom. The average Bonchev–Trinajstić information content (AvgIpc) is 2.48. The first kappa shape index (κ1) is 16.8. The molecule has 0 heterocycles. The van der Waals surface area contributed by atoms with Crippen LogP contribution in [0.4, 0.5) is 4.79 Å². The summed E-state index contributed by atoms with van der Waals surface area (Å²) in [6.07, 6.45) is 4.93. The highest BCUT2D eigenvalue weighted by molar-refractivity contribution is 7.89. The van der Waals surface area contributed by atoms with Gasteiger partial charge in [0.25, 0.3) is 10.0 Å². The van der Waals surface area contributed by atoms with Crippen LogP contribution in [0, 0.1) is 0 Å². The molecule has 1 saturated carbocycles. The second-order valence-corrected chi connectivity index (χ2v) is 7.43. The number of rotatable bonds is 5. The zero-order valence-electron chi connectivity index (χ0n) is 12.6. The number of carbonyl (C=O) groups is 1. The Bertz CT molecular complexity index is 607. The van der Waals surface area contributed by atoms with Crippen LogP contribution in [-0.2, 0) is 16.4 Å². The zero-order chi connectivity index (χ0) is 16.2. The summed E-state index contributed by atoms with van der Waals surface area (Å²) in [5.74, 6) is 0. The maximum Gasteiger partial charge on any atom is 0.328 e. The van der Waals surface area contributed by atoms with Gasteiger partial charge in [-0.05, 0) is 43.5 Å². The summed E-state index contributed by atoms with van der Waals surface area (Å²) in [7, 11) is -3.90. The summed E-state index contributed by atoms with van der Waals surface area (Å²) in [4.78, 5) is 11.8. The maximum atomic E-state index is 12.7. The van der Waals surface area contributed by atoms with Gasteiger partial charge in [-0.3, -0.25) is 0 Å². The fourth-order valence-electron chi connectivity index (χ4n) is 2.92. The van der Waals surface area contributed by atoms with Crippen LogP contribution in [0.15, 0.2) is 29.2 Å². The topological polar surface area (TPSA) is 106 Å². The number of sulfonamides is 1. The van der Waals surface area contributed by atoms with Gasteiger partial charge >= 0.3 is 6.03 Å². The van der Waals surface area contributed by atoms with E-state index in [0.717, 1.165) is 29.1 Å². The molecule has 1 fully saturated rings. The second-order valence-electron chi connectivity index (χ2n) is 5.61. The molecule has 0 atom stereocenters. The molecule has 2 amide bonds. The molecule has 22 heavy (non-hydrogen) atoms. The van der Waals surface area contributed by atoms with Crippen LogP contribution in [-0.4, -0.2) is 31.3 Å². The number of urea groups is 1. The Morgan fingerprint density at radius 1 is 1.14 bits per heavy atom. The van der Waals surface area contributed by atoms with Gasteiger partial charge in [-0.15, -0.1) is 0 Å². The number of hydrogen-bond donors (Lipinski definition) is 2. The third-order valence-corrected chi connectivity index (χ3v) is 5.90. The smallest absolute Gasteiger partial charge is 0.328 e. The van der Waals surface area contributed by atoms with E-state index in [4.69, 9.17) is 11.5 Å². The monoisotopic (exact) mass is 325 g/mol. The fraction of sp³-hybridized carbons (Fsp3) is 0.533. The van der Waals surface area contributed by atoms with Gasteiger partial charge in [0.15, 0.2) is 0 Å². The summed E-state index contributed by atoms with van der Waals surface area (Å²) < 4.78 is 26.4. The highest BCUT2D eigenvalue weighted by atomic mass is 32.2. The van der Waals surface area contributed by atoms with E-state index in [-0.39, 0.29) is 10.9 Å². The first-order chi connectivity index (χ1) is 10.5.